The summed E-state index contributed by atoms with van der Waals surface area (Å²) in [7, 11) is 0. The predicted octanol–water partition coefficient (Wildman–Crippen LogP) is 3.89. The van der Waals surface area contributed by atoms with Gasteiger partial charge in [-0.2, -0.15) is 0 Å². The van der Waals surface area contributed by atoms with Crippen molar-refractivity contribution < 1.29 is 33.8 Å². The van der Waals surface area contributed by atoms with Gasteiger partial charge in [-0.1, -0.05) is 29.8 Å². The quantitative estimate of drug-likeness (QED) is 0.250. The Hall–Kier alpha value is -4.43. The summed E-state index contributed by atoms with van der Waals surface area (Å²) in [5.74, 6) is -3.17. The highest BCUT2D eigenvalue weighted by molar-refractivity contribution is 6.25. The minimum atomic E-state index is -0.703. The lowest BCUT2D eigenvalue weighted by atomic mass is 9.59. The number of imide groups is 1. The molecule has 0 bridgehead atoms. The molecular formula is C33H29NO7. The number of ether oxygens (including phenoxy) is 1. The van der Waals surface area contributed by atoms with E-state index < -0.39 is 23.7 Å². The number of amides is 2. The van der Waals surface area contributed by atoms with Gasteiger partial charge >= 0.3 is 0 Å². The Morgan fingerprint density at radius 3 is 2.44 bits per heavy atom. The number of benzene rings is 2. The zero-order chi connectivity index (χ0) is 29.0. The highest BCUT2D eigenvalue weighted by Crippen LogP contribution is 2.56. The number of hydrogen-bond acceptors (Lipinski definition) is 7. The lowest BCUT2D eigenvalue weighted by Crippen LogP contribution is -2.40. The zero-order valence-corrected chi connectivity index (χ0v) is 22.8. The Balaban J connectivity index is 1.46. The summed E-state index contributed by atoms with van der Waals surface area (Å²) < 4.78 is 5.84. The summed E-state index contributed by atoms with van der Waals surface area (Å²) in [5.41, 5.74) is 3.49. The summed E-state index contributed by atoms with van der Waals surface area (Å²) in [4.78, 5) is 67.6. The van der Waals surface area contributed by atoms with Crippen molar-refractivity contribution in [3.63, 3.8) is 0 Å². The molecule has 1 heterocycles. The molecule has 2 aromatic rings. The van der Waals surface area contributed by atoms with Crippen LogP contribution in [0.4, 0.5) is 5.69 Å². The standard InChI is InChI=1S/C33H29NO7/c1-17-15-26(37)30-25(31(17)38)16-24-21(28(30)22-5-3-4-6-27(22)41-14-13-35)11-12-23-29(24)33(40)34(32(23)39)20-9-7-19(8-10-20)18(2)36/h3-11,15,23-24,28-29,35H,12-14,16H2,1-2H3. The molecule has 0 spiro atoms. The number of nitrogens with zero attached hydrogens (tertiary/aromatic N) is 1. The van der Waals surface area contributed by atoms with E-state index in [0.29, 0.717) is 45.7 Å². The molecule has 0 radical (unpaired) electrons. The number of Topliss-reactive ketones (excluding diaryl/α,β-unsaturated/α-hetero) is 2. The fourth-order valence-electron chi connectivity index (χ4n) is 6.84. The van der Waals surface area contributed by atoms with E-state index in [9.17, 15) is 29.1 Å². The minimum Gasteiger partial charge on any atom is -0.491 e. The van der Waals surface area contributed by atoms with Crippen LogP contribution in [0, 0.1) is 17.8 Å². The fraction of sp³-hybridized carbons (Fsp3) is 0.303. The molecule has 4 aliphatic rings. The SMILES string of the molecule is CC(=O)c1ccc(N2C(=O)C3CC=C4C(c5ccccc5OCCO)C5=C(CC4C3C2=O)C(=O)C(C)=CC5=O)cc1. The zero-order valence-electron chi connectivity index (χ0n) is 22.8. The molecule has 1 saturated heterocycles. The van der Waals surface area contributed by atoms with Gasteiger partial charge in [0, 0.05) is 33.8 Å². The van der Waals surface area contributed by atoms with Gasteiger partial charge in [-0.05, 0) is 69.0 Å². The predicted molar refractivity (Wildman–Crippen MR) is 149 cm³/mol. The van der Waals surface area contributed by atoms with Crippen LogP contribution in [0.25, 0.3) is 0 Å². The second-order valence-electron chi connectivity index (χ2n) is 11.0. The number of aliphatic hydroxyl groups excluding tert-OH is 1. The summed E-state index contributed by atoms with van der Waals surface area (Å²) in [6.45, 7) is 2.93. The van der Waals surface area contributed by atoms with Crippen LogP contribution in [0.2, 0.25) is 0 Å². The maximum absolute atomic E-state index is 14.0. The lowest BCUT2D eigenvalue weighted by molar-refractivity contribution is -0.123. The van der Waals surface area contributed by atoms with E-state index in [1.54, 1.807) is 43.3 Å². The van der Waals surface area contributed by atoms with E-state index in [-0.39, 0.29) is 48.8 Å². The number of anilines is 1. The van der Waals surface area contributed by atoms with E-state index in [1.807, 2.05) is 18.2 Å². The molecule has 208 valence electrons. The van der Waals surface area contributed by atoms with Gasteiger partial charge in [0.1, 0.15) is 12.4 Å². The first-order valence-electron chi connectivity index (χ1n) is 13.7. The highest BCUT2D eigenvalue weighted by Gasteiger charge is 2.56. The number of hydrogen-bond donors (Lipinski definition) is 1. The number of carbonyl (C=O) groups is 5. The Morgan fingerprint density at radius 1 is 1.00 bits per heavy atom. The van der Waals surface area contributed by atoms with Crippen molar-refractivity contribution in [3.05, 3.63) is 94.1 Å². The van der Waals surface area contributed by atoms with Gasteiger partial charge < -0.3 is 9.84 Å². The highest BCUT2D eigenvalue weighted by atomic mass is 16.5. The number of ketones is 3. The molecule has 6 rings (SSSR count). The van der Waals surface area contributed by atoms with E-state index in [4.69, 9.17) is 4.74 Å². The molecule has 8 heteroatoms. The van der Waals surface area contributed by atoms with Crippen molar-refractivity contribution in [2.45, 2.75) is 32.6 Å². The molecule has 1 N–H and O–H groups in total. The smallest absolute Gasteiger partial charge is 0.238 e. The summed E-state index contributed by atoms with van der Waals surface area (Å²) in [6.07, 6.45) is 3.83. The first-order valence-corrected chi connectivity index (χ1v) is 13.7. The van der Waals surface area contributed by atoms with Gasteiger partial charge in [-0.15, -0.1) is 0 Å². The maximum atomic E-state index is 14.0. The van der Waals surface area contributed by atoms with Crippen LogP contribution >= 0.6 is 0 Å². The topological polar surface area (TPSA) is 118 Å². The molecule has 4 unspecified atom stereocenters. The molecule has 41 heavy (non-hydrogen) atoms. The van der Waals surface area contributed by atoms with E-state index in [2.05, 4.69) is 0 Å². The maximum Gasteiger partial charge on any atom is 0.238 e. The Labute approximate surface area is 237 Å². The third kappa shape index (κ3) is 4.21. The van der Waals surface area contributed by atoms with Gasteiger partial charge in [-0.3, -0.25) is 28.9 Å². The van der Waals surface area contributed by atoms with Gasteiger partial charge in [0.15, 0.2) is 17.3 Å². The molecule has 0 saturated carbocycles. The molecule has 4 atom stereocenters. The van der Waals surface area contributed by atoms with Crippen LogP contribution < -0.4 is 9.64 Å². The van der Waals surface area contributed by atoms with Gasteiger partial charge in [-0.25, -0.2) is 0 Å². The third-order valence-electron chi connectivity index (χ3n) is 8.67. The van der Waals surface area contributed by atoms with Crippen LogP contribution in [0.1, 0.15) is 48.5 Å². The second-order valence-corrected chi connectivity index (χ2v) is 11.0. The number of aliphatic hydroxyl groups is 1. The van der Waals surface area contributed by atoms with E-state index in [0.717, 1.165) is 5.57 Å². The number of allylic oxidation sites excluding steroid dienone is 6. The van der Waals surface area contributed by atoms with Crippen molar-refractivity contribution in [1.82, 2.24) is 0 Å². The minimum absolute atomic E-state index is 0.0546. The van der Waals surface area contributed by atoms with Crippen LogP contribution in [-0.2, 0) is 19.2 Å². The van der Waals surface area contributed by atoms with Gasteiger partial charge in [0.05, 0.1) is 24.1 Å². The Bertz CT molecular complexity index is 1610. The number of rotatable bonds is 6. The average Bonchev–Trinajstić information content (AvgIpc) is 3.23. The largest absolute Gasteiger partial charge is 0.491 e. The number of fused-ring (bicyclic) bond motifs is 3. The van der Waals surface area contributed by atoms with Crippen LogP contribution in [0.3, 0.4) is 0 Å². The normalized spacial score (nSPS) is 25.4. The van der Waals surface area contributed by atoms with E-state index >= 15 is 0 Å². The van der Waals surface area contributed by atoms with Gasteiger partial charge in [0.25, 0.3) is 0 Å². The van der Waals surface area contributed by atoms with Crippen molar-refractivity contribution in [1.29, 1.82) is 0 Å². The summed E-state index contributed by atoms with van der Waals surface area (Å²) in [6, 6.07) is 13.6. The van der Waals surface area contributed by atoms with Crippen molar-refractivity contribution in [3.8, 4) is 5.75 Å². The Kier molecular flexibility index (Phi) is 6.66. The average molecular weight is 552 g/mol. The molecule has 3 aliphatic carbocycles. The molecule has 2 amide bonds. The molecule has 1 aliphatic heterocycles. The molecule has 1 fully saturated rings. The van der Waals surface area contributed by atoms with Crippen LogP contribution in [-0.4, -0.2) is 47.5 Å². The fourth-order valence-corrected chi connectivity index (χ4v) is 6.84. The summed E-state index contributed by atoms with van der Waals surface area (Å²) in [5, 5.41) is 9.38. The van der Waals surface area contributed by atoms with Crippen molar-refractivity contribution in [2.24, 2.45) is 17.8 Å². The van der Waals surface area contributed by atoms with Crippen molar-refractivity contribution in [2.75, 3.05) is 18.1 Å². The molecule has 8 nitrogen and oxygen atoms in total. The monoisotopic (exact) mass is 551 g/mol. The van der Waals surface area contributed by atoms with Crippen molar-refractivity contribution >= 4 is 34.9 Å². The molecule has 2 aromatic carbocycles. The number of para-hydroxylation sites is 1. The molecular weight excluding hydrogens is 522 g/mol. The first-order chi connectivity index (χ1) is 19.7. The van der Waals surface area contributed by atoms with Gasteiger partial charge in [0.2, 0.25) is 11.8 Å². The molecule has 0 aromatic heterocycles. The van der Waals surface area contributed by atoms with Crippen LogP contribution in [0.15, 0.2) is 83.0 Å². The van der Waals surface area contributed by atoms with E-state index in [1.165, 1.54) is 17.9 Å². The third-order valence-corrected chi connectivity index (χ3v) is 8.67. The second kappa shape index (κ2) is 10.2. The first kappa shape index (κ1) is 26.8. The van der Waals surface area contributed by atoms with Crippen LogP contribution in [0.5, 0.6) is 5.75 Å². The number of carbonyl (C=O) groups excluding carboxylic acids is 5. The lowest BCUT2D eigenvalue weighted by Gasteiger charge is -2.42. The Morgan fingerprint density at radius 2 is 1.73 bits per heavy atom. The summed E-state index contributed by atoms with van der Waals surface area (Å²) >= 11 is 0.